The lowest BCUT2D eigenvalue weighted by Crippen LogP contribution is -2.67. The van der Waals surface area contributed by atoms with E-state index >= 15 is 0 Å². The van der Waals surface area contributed by atoms with Crippen molar-refractivity contribution in [2.45, 2.75) is 71.1 Å². The van der Waals surface area contributed by atoms with Crippen molar-refractivity contribution in [2.75, 3.05) is 19.0 Å². The van der Waals surface area contributed by atoms with E-state index in [1.807, 2.05) is 83.1 Å². The number of carbonyl (C=O) groups is 3. The quantitative estimate of drug-likeness (QED) is 0.577. The molecule has 0 aromatic heterocycles. The van der Waals surface area contributed by atoms with Gasteiger partial charge in [0.2, 0.25) is 17.7 Å². The summed E-state index contributed by atoms with van der Waals surface area (Å²) >= 11 is 0. The van der Waals surface area contributed by atoms with E-state index < -0.39 is 18.1 Å². The monoisotopic (exact) mass is 504 g/mol. The Morgan fingerprint density at radius 2 is 1.59 bits per heavy atom. The SMILES string of the molecule is CC(C)C[C@@H]1C(=O)N[C@H](C2Cc3ccccc3C2)C(=O)N1[C@H](C(=O)NC(C)C)c1ccc(N(C)C)cc1. The van der Waals surface area contributed by atoms with Crippen molar-refractivity contribution in [2.24, 2.45) is 11.8 Å². The van der Waals surface area contributed by atoms with E-state index in [2.05, 4.69) is 22.8 Å². The molecule has 0 saturated carbocycles. The van der Waals surface area contributed by atoms with Gasteiger partial charge in [-0.05, 0) is 73.8 Å². The van der Waals surface area contributed by atoms with E-state index in [-0.39, 0.29) is 35.6 Å². The zero-order valence-electron chi connectivity index (χ0n) is 22.8. The molecule has 4 rings (SSSR count). The molecule has 1 aliphatic carbocycles. The van der Waals surface area contributed by atoms with E-state index in [1.54, 1.807) is 4.90 Å². The third-order valence-corrected chi connectivity index (χ3v) is 7.39. The third-order valence-electron chi connectivity index (χ3n) is 7.39. The number of anilines is 1. The minimum atomic E-state index is -0.896. The molecule has 0 spiro atoms. The van der Waals surface area contributed by atoms with Crippen LogP contribution in [-0.2, 0) is 27.2 Å². The molecule has 37 heavy (non-hydrogen) atoms. The van der Waals surface area contributed by atoms with Crippen molar-refractivity contribution in [3.05, 3.63) is 65.2 Å². The van der Waals surface area contributed by atoms with Crippen molar-refractivity contribution in [3.63, 3.8) is 0 Å². The van der Waals surface area contributed by atoms with Crippen LogP contribution in [0.1, 0.15) is 56.8 Å². The lowest BCUT2D eigenvalue weighted by Gasteiger charge is -2.45. The Balaban J connectivity index is 1.75. The second-order valence-corrected chi connectivity index (χ2v) is 11.4. The molecule has 3 amide bonds. The largest absolute Gasteiger partial charge is 0.378 e. The van der Waals surface area contributed by atoms with Crippen molar-refractivity contribution < 1.29 is 14.4 Å². The zero-order valence-corrected chi connectivity index (χ0v) is 22.8. The Hall–Kier alpha value is -3.35. The first-order chi connectivity index (χ1) is 17.6. The van der Waals surface area contributed by atoms with Crippen LogP contribution in [0.3, 0.4) is 0 Å². The van der Waals surface area contributed by atoms with Gasteiger partial charge in [-0.3, -0.25) is 14.4 Å². The number of amides is 3. The number of fused-ring (bicyclic) bond motifs is 1. The zero-order chi connectivity index (χ0) is 26.9. The van der Waals surface area contributed by atoms with Gasteiger partial charge in [0.25, 0.3) is 0 Å². The molecule has 2 aromatic rings. The van der Waals surface area contributed by atoms with Gasteiger partial charge in [0.15, 0.2) is 0 Å². The molecule has 2 aromatic carbocycles. The van der Waals surface area contributed by atoms with Gasteiger partial charge in [-0.25, -0.2) is 0 Å². The maximum atomic E-state index is 14.3. The van der Waals surface area contributed by atoms with E-state index in [0.717, 1.165) is 18.5 Å². The van der Waals surface area contributed by atoms with Crippen LogP contribution in [0.5, 0.6) is 0 Å². The summed E-state index contributed by atoms with van der Waals surface area (Å²) in [5.74, 6) is -0.493. The molecule has 7 nitrogen and oxygen atoms in total. The van der Waals surface area contributed by atoms with Crippen molar-refractivity contribution in [1.82, 2.24) is 15.5 Å². The number of carbonyl (C=O) groups excluding carboxylic acids is 3. The number of nitrogens with zero attached hydrogens (tertiary/aromatic N) is 2. The molecular formula is C30H40N4O3. The average Bonchev–Trinajstić information content (AvgIpc) is 3.27. The van der Waals surface area contributed by atoms with E-state index in [9.17, 15) is 14.4 Å². The van der Waals surface area contributed by atoms with Gasteiger partial charge in [0, 0.05) is 25.8 Å². The number of hydrogen-bond acceptors (Lipinski definition) is 4. The van der Waals surface area contributed by atoms with Gasteiger partial charge in [0.1, 0.15) is 18.1 Å². The Kier molecular flexibility index (Phi) is 7.90. The summed E-state index contributed by atoms with van der Waals surface area (Å²) in [6.07, 6.45) is 1.95. The molecule has 1 fully saturated rings. The fourth-order valence-electron chi connectivity index (χ4n) is 5.63. The average molecular weight is 505 g/mol. The van der Waals surface area contributed by atoms with Crippen LogP contribution < -0.4 is 15.5 Å². The van der Waals surface area contributed by atoms with Crippen molar-refractivity contribution in [1.29, 1.82) is 0 Å². The molecule has 1 heterocycles. The van der Waals surface area contributed by atoms with Crippen LogP contribution in [0.25, 0.3) is 0 Å². The van der Waals surface area contributed by atoms with E-state index in [1.165, 1.54) is 11.1 Å². The van der Waals surface area contributed by atoms with Crippen molar-refractivity contribution in [3.8, 4) is 0 Å². The Morgan fingerprint density at radius 1 is 1.00 bits per heavy atom. The van der Waals surface area contributed by atoms with Crippen LogP contribution in [0.15, 0.2) is 48.5 Å². The fourth-order valence-corrected chi connectivity index (χ4v) is 5.63. The summed E-state index contributed by atoms with van der Waals surface area (Å²) in [6, 6.07) is 13.5. The topological polar surface area (TPSA) is 81.8 Å². The Morgan fingerprint density at radius 3 is 2.11 bits per heavy atom. The van der Waals surface area contributed by atoms with Gasteiger partial charge in [-0.2, -0.15) is 0 Å². The maximum absolute atomic E-state index is 14.3. The minimum absolute atomic E-state index is 0.0405. The van der Waals surface area contributed by atoms with Crippen molar-refractivity contribution >= 4 is 23.4 Å². The molecule has 1 saturated heterocycles. The molecule has 2 N–H and O–H groups in total. The first-order valence-corrected chi connectivity index (χ1v) is 13.3. The van der Waals surface area contributed by atoms with Gasteiger partial charge in [0.05, 0.1) is 0 Å². The van der Waals surface area contributed by atoms with Crippen LogP contribution in [0.4, 0.5) is 5.69 Å². The number of hydrogen-bond donors (Lipinski definition) is 2. The molecular weight excluding hydrogens is 464 g/mol. The van der Waals surface area contributed by atoms with Gasteiger partial charge < -0.3 is 20.4 Å². The fraction of sp³-hybridized carbons (Fsp3) is 0.500. The Labute approximate surface area is 220 Å². The molecule has 0 unspecified atom stereocenters. The molecule has 3 atom stereocenters. The standard InChI is InChI=1S/C30H40N4O3/c1-18(2)15-25-28(35)32-26(23-16-21-9-7-8-10-22(21)17-23)30(37)34(25)27(29(36)31-19(3)4)20-11-13-24(14-12-20)33(5)6/h7-14,18-19,23,25-27H,15-17H2,1-6H3,(H,31,36)(H,32,35)/t25-,26-,27+/m1/s1. The summed E-state index contributed by atoms with van der Waals surface area (Å²) in [7, 11) is 3.92. The number of rotatable bonds is 8. The van der Waals surface area contributed by atoms with E-state index in [4.69, 9.17) is 0 Å². The first-order valence-electron chi connectivity index (χ1n) is 13.3. The van der Waals surface area contributed by atoms with Gasteiger partial charge >= 0.3 is 0 Å². The minimum Gasteiger partial charge on any atom is -0.378 e. The van der Waals surface area contributed by atoms with Crippen LogP contribution >= 0.6 is 0 Å². The van der Waals surface area contributed by atoms with Crippen LogP contribution in [-0.4, -0.2) is 54.8 Å². The second-order valence-electron chi connectivity index (χ2n) is 11.4. The molecule has 0 bridgehead atoms. The lowest BCUT2D eigenvalue weighted by atomic mass is 9.88. The van der Waals surface area contributed by atoms with Crippen LogP contribution in [0, 0.1) is 11.8 Å². The number of benzene rings is 2. The summed E-state index contributed by atoms with van der Waals surface area (Å²) < 4.78 is 0. The smallest absolute Gasteiger partial charge is 0.247 e. The second kappa shape index (κ2) is 11.0. The molecule has 2 aliphatic rings. The molecule has 1 aliphatic heterocycles. The summed E-state index contributed by atoms with van der Waals surface area (Å²) in [5, 5.41) is 6.08. The molecule has 0 radical (unpaired) electrons. The first kappa shape index (κ1) is 26.7. The predicted octanol–water partition coefficient (Wildman–Crippen LogP) is 3.48. The summed E-state index contributed by atoms with van der Waals surface area (Å²) in [5.41, 5.74) is 4.14. The lowest BCUT2D eigenvalue weighted by molar-refractivity contribution is -0.158. The number of piperazine rings is 1. The Bertz CT molecular complexity index is 1120. The van der Waals surface area contributed by atoms with E-state index in [0.29, 0.717) is 12.0 Å². The highest BCUT2D eigenvalue weighted by Gasteiger charge is 2.49. The van der Waals surface area contributed by atoms with Crippen LogP contribution in [0.2, 0.25) is 0 Å². The summed E-state index contributed by atoms with van der Waals surface area (Å²) in [4.78, 5) is 45.2. The normalized spacial score (nSPS) is 20.7. The maximum Gasteiger partial charge on any atom is 0.247 e. The predicted molar refractivity (Wildman–Crippen MR) is 146 cm³/mol. The van der Waals surface area contributed by atoms with Gasteiger partial charge in [-0.1, -0.05) is 50.2 Å². The number of nitrogens with one attached hydrogen (secondary N) is 2. The molecule has 7 heteroatoms. The highest BCUT2D eigenvalue weighted by atomic mass is 16.2. The third kappa shape index (κ3) is 5.65. The highest BCUT2D eigenvalue weighted by Crippen LogP contribution is 2.35. The molecule has 198 valence electrons. The summed E-state index contributed by atoms with van der Waals surface area (Å²) in [6.45, 7) is 7.87. The highest BCUT2D eigenvalue weighted by molar-refractivity contribution is 6.00. The van der Waals surface area contributed by atoms with Gasteiger partial charge in [-0.15, -0.1) is 0 Å².